The predicted molar refractivity (Wildman–Crippen MR) is 82.1 cm³/mol. The lowest BCUT2D eigenvalue weighted by atomic mass is 10.1. The quantitative estimate of drug-likeness (QED) is 0.939. The van der Waals surface area contributed by atoms with E-state index in [9.17, 15) is 4.39 Å². The Bertz CT molecular complexity index is 644. The topological polar surface area (TPSA) is 38.5 Å². The number of nitrogens with zero attached hydrogens (tertiary/aromatic N) is 1. The van der Waals surface area contributed by atoms with E-state index in [0.717, 1.165) is 35.5 Å². The smallest absolute Gasteiger partial charge is 0.123 e. The summed E-state index contributed by atoms with van der Waals surface area (Å²) in [4.78, 5) is 2.14. The third-order valence-electron chi connectivity index (χ3n) is 3.83. The van der Waals surface area contributed by atoms with Crippen molar-refractivity contribution in [3.63, 3.8) is 0 Å². The molecular formula is C17H19FN2O. The molecule has 0 radical (unpaired) electrons. The summed E-state index contributed by atoms with van der Waals surface area (Å²) < 4.78 is 19.1. The Morgan fingerprint density at radius 2 is 2.14 bits per heavy atom. The minimum atomic E-state index is -0.206. The molecular weight excluding hydrogens is 267 g/mol. The normalized spacial score (nSPS) is 16.4. The molecule has 0 amide bonds. The number of likely N-dealkylation sites (N-methyl/N-ethyl adjacent to an activating group) is 1. The summed E-state index contributed by atoms with van der Waals surface area (Å²) >= 11 is 0. The number of rotatable bonds is 4. The molecule has 1 unspecified atom stereocenters. The van der Waals surface area contributed by atoms with Crippen LogP contribution in [0.3, 0.4) is 0 Å². The maximum atomic E-state index is 13.2. The van der Waals surface area contributed by atoms with Crippen LogP contribution in [0.5, 0.6) is 5.75 Å². The summed E-state index contributed by atoms with van der Waals surface area (Å²) in [5.41, 5.74) is 8.85. The Morgan fingerprint density at radius 3 is 2.95 bits per heavy atom. The van der Waals surface area contributed by atoms with Gasteiger partial charge in [-0.3, -0.25) is 0 Å². The summed E-state index contributed by atoms with van der Waals surface area (Å²) in [6.45, 7) is 1.29. The lowest BCUT2D eigenvalue weighted by molar-refractivity contribution is 0.239. The molecule has 1 aliphatic heterocycles. The third kappa shape index (κ3) is 3.00. The number of hydrogen-bond acceptors (Lipinski definition) is 3. The first kappa shape index (κ1) is 13.9. The van der Waals surface area contributed by atoms with Gasteiger partial charge in [0, 0.05) is 31.3 Å². The Balaban J connectivity index is 1.68. The first-order chi connectivity index (χ1) is 10.2. The minimum absolute atomic E-state index is 0.0494. The molecule has 0 aliphatic carbocycles. The maximum absolute atomic E-state index is 13.2. The average Bonchev–Trinajstić information content (AvgIpc) is 2.88. The summed E-state index contributed by atoms with van der Waals surface area (Å²) in [6.07, 6.45) is 0.793. The second-order valence-corrected chi connectivity index (χ2v) is 5.45. The monoisotopic (exact) mass is 286 g/mol. The first-order valence-corrected chi connectivity index (χ1v) is 7.11. The van der Waals surface area contributed by atoms with Gasteiger partial charge >= 0.3 is 0 Å². The molecule has 1 atom stereocenters. The second-order valence-electron chi connectivity index (χ2n) is 5.45. The zero-order valence-corrected chi connectivity index (χ0v) is 12.1. The molecule has 0 bridgehead atoms. The van der Waals surface area contributed by atoms with Crippen molar-refractivity contribution in [1.82, 2.24) is 0 Å². The number of anilines is 1. The fourth-order valence-electron chi connectivity index (χ4n) is 2.72. The predicted octanol–water partition coefficient (Wildman–Crippen LogP) is 2.72. The number of fused-ring (bicyclic) bond motifs is 1. The number of halogens is 1. The van der Waals surface area contributed by atoms with Crippen LogP contribution in [0.25, 0.3) is 0 Å². The Morgan fingerprint density at radius 1 is 1.29 bits per heavy atom. The van der Waals surface area contributed by atoms with Crippen molar-refractivity contribution in [3.8, 4) is 5.75 Å². The van der Waals surface area contributed by atoms with Crippen molar-refractivity contribution < 1.29 is 9.13 Å². The highest BCUT2D eigenvalue weighted by molar-refractivity contribution is 5.48. The van der Waals surface area contributed by atoms with Crippen molar-refractivity contribution >= 4 is 5.69 Å². The van der Waals surface area contributed by atoms with Crippen LogP contribution in [0.4, 0.5) is 10.1 Å². The van der Waals surface area contributed by atoms with Gasteiger partial charge in [0.05, 0.1) is 6.54 Å². The van der Waals surface area contributed by atoms with Gasteiger partial charge in [0.15, 0.2) is 0 Å². The van der Waals surface area contributed by atoms with Crippen molar-refractivity contribution in [1.29, 1.82) is 0 Å². The molecule has 1 heterocycles. The fraction of sp³-hybridized carbons (Fsp3) is 0.294. The number of benzene rings is 2. The van der Waals surface area contributed by atoms with Gasteiger partial charge in [-0.05, 0) is 35.9 Å². The zero-order chi connectivity index (χ0) is 14.8. The Hall–Kier alpha value is -2.07. The summed E-state index contributed by atoms with van der Waals surface area (Å²) in [5.74, 6) is 0.590. The summed E-state index contributed by atoms with van der Waals surface area (Å²) in [7, 11) is 2.03. The van der Waals surface area contributed by atoms with E-state index in [-0.39, 0.29) is 11.9 Å². The van der Waals surface area contributed by atoms with E-state index in [1.165, 1.54) is 6.07 Å². The van der Waals surface area contributed by atoms with Crippen molar-refractivity contribution in [2.75, 3.05) is 18.5 Å². The Kier molecular flexibility index (Phi) is 3.80. The van der Waals surface area contributed by atoms with Crippen LogP contribution >= 0.6 is 0 Å². The van der Waals surface area contributed by atoms with Gasteiger partial charge in [-0.25, -0.2) is 4.39 Å². The zero-order valence-electron chi connectivity index (χ0n) is 12.1. The first-order valence-electron chi connectivity index (χ1n) is 7.11. The minimum Gasteiger partial charge on any atom is -0.488 e. The largest absolute Gasteiger partial charge is 0.488 e. The molecule has 2 aromatic carbocycles. The average molecular weight is 286 g/mol. The Labute approximate surface area is 124 Å². The van der Waals surface area contributed by atoms with Crippen LogP contribution in [0.15, 0.2) is 42.5 Å². The van der Waals surface area contributed by atoms with Gasteiger partial charge in [0.2, 0.25) is 0 Å². The molecule has 110 valence electrons. The van der Waals surface area contributed by atoms with Gasteiger partial charge in [0.25, 0.3) is 0 Å². The lowest BCUT2D eigenvalue weighted by Gasteiger charge is -2.23. The van der Waals surface area contributed by atoms with Crippen LogP contribution in [0.1, 0.15) is 11.1 Å². The van der Waals surface area contributed by atoms with E-state index in [2.05, 4.69) is 17.0 Å². The summed E-state index contributed by atoms with van der Waals surface area (Å²) in [6, 6.07) is 12.9. The highest BCUT2D eigenvalue weighted by atomic mass is 19.1. The molecule has 3 nitrogen and oxygen atoms in total. The van der Waals surface area contributed by atoms with Crippen LogP contribution in [0.2, 0.25) is 0 Å². The lowest BCUT2D eigenvalue weighted by Crippen LogP contribution is -2.32. The van der Waals surface area contributed by atoms with Crippen LogP contribution in [-0.2, 0) is 13.0 Å². The van der Waals surface area contributed by atoms with E-state index < -0.39 is 0 Å². The highest BCUT2D eigenvalue weighted by Crippen LogP contribution is 2.30. The van der Waals surface area contributed by atoms with Crippen LogP contribution in [0, 0.1) is 5.82 Å². The summed E-state index contributed by atoms with van der Waals surface area (Å²) in [5, 5.41) is 0. The van der Waals surface area contributed by atoms with Crippen molar-refractivity contribution in [2.24, 2.45) is 5.73 Å². The second kappa shape index (κ2) is 5.74. The van der Waals surface area contributed by atoms with Crippen LogP contribution < -0.4 is 15.4 Å². The molecule has 4 heteroatoms. The van der Waals surface area contributed by atoms with Crippen molar-refractivity contribution in [3.05, 3.63) is 59.4 Å². The van der Waals surface area contributed by atoms with Gasteiger partial charge in [-0.15, -0.1) is 0 Å². The van der Waals surface area contributed by atoms with Gasteiger partial charge < -0.3 is 15.4 Å². The molecule has 0 spiro atoms. The van der Waals surface area contributed by atoms with E-state index in [4.69, 9.17) is 10.5 Å². The molecule has 2 aromatic rings. The molecule has 0 fully saturated rings. The van der Waals surface area contributed by atoms with Crippen LogP contribution in [-0.4, -0.2) is 19.7 Å². The standard InChI is InChI=1S/C17H19FN2O/c1-20(15-4-2-3-12(7-15)10-19)11-16-9-13-8-14(18)5-6-17(13)21-16/h2-8,16H,9-11,19H2,1H3. The molecule has 0 saturated heterocycles. The number of nitrogens with two attached hydrogens (primary N) is 1. The molecule has 1 aliphatic rings. The van der Waals surface area contributed by atoms with E-state index >= 15 is 0 Å². The van der Waals surface area contributed by atoms with Crippen molar-refractivity contribution in [2.45, 2.75) is 19.1 Å². The molecule has 0 aromatic heterocycles. The van der Waals surface area contributed by atoms with E-state index in [1.807, 2.05) is 19.2 Å². The maximum Gasteiger partial charge on any atom is 0.123 e. The van der Waals surface area contributed by atoms with E-state index in [1.54, 1.807) is 12.1 Å². The molecule has 0 saturated carbocycles. The number of hydrogen-bond donors (Lipinski definition) is 1. The fourth-order valence-corrected chi connectivity index (χ4v) is 2.72. The number of ether oxygens (including phenoxy) is 1. The third-order valence-corrected chi connectivity index (χ3v) is 3.83. The van der Waals surface area contributed by atoms with Gasteiger partial charge in [-0.2, -0.15) is 0 Å². The molecule has 3 rings (SSSR count). The van der Waals surface area contributed by atoms with Gasteiger partial charge in [-0.1, -0.05) is 12.1 Å². The SMILES string of the molecule is CN(CC1Cc2cc(F)ccc2O1)c1cccc(CN)c1. The molecule has 2 N–H and O–H groups in total. The van der Waals surface area contributed by atoms with E-state index in [0.29, 0.717) is 6.54 Å². The van der Waals surface area contributed by atoms with Gasteiger partial charge in [0.1, 0.15) is 17.7 Å². The highest BCUT2D eigenvalue weighted by Gasteiger charge is 2.24. The molecule has 21 heavy (non-hydrogen) atoms.